The van der Waals surface area contributed by atoms with Crippen molar-refractivity contribution < 1.29 is 5.11 Å². The van der Waals surface area contributed by atoms with Crippen LogP contribution in [-0.4, -0.2) is 20.1 Å². The molecule has 1 N–H and O–H groups in total. The third-order valence-corrected chi connectivity index (χ3v) is 3.25. The number of para-hydroxylation sites is 1. The van der Waals surface area contributed by atoms with Crippen LogP contribution >= 0.6 is 0 Å². The summed E-state index contributed by atoms with van der Waals surface area (Å²) >= 11 is 0. The van der Waals surface area contributed by atoms with Gasteiger partial charge in [0.2, 0.25) is 0 Å². The largest absolute Gasteiger partial charge is 0.392 e. The van der Waals surface area contributed by atoms with E-state index in [0.717, 1.165) is 22.5 Å². The number of rotatable bonds is 3. The lowest BCUT2D eigenvalue weighted by molar-refractivity contribution is 0.281. The van der Waals surface area contributed by atoms with E-state index in [2.05, 4.69) is 29.4 Å². The topological polar surface area (TPSA) is 50.9 Å². The maximum absolute atomic E-state index is 9.37. The van der Waals surface area contributed by atoms with Gasteiger partial charge >= 0.3 is 0 Å². The van der Waals surface area contributed by atoms with Gasteiger partial charge in [-0.1, -0.05) is 53.2 Å². The van der Waals surface area contributed by atoms with Gasteiger partial charge in [-0.25, -0.2) is 4.68 Å². The molecule has 3 aromatic rings. The van der Waals surface area contributed by atoms with Crippen molar-refractivity contribution in [1.29, 1.82) is 0 Å². The second kappa shape index (κ2) is 5.27. The molecule has 2 aromatic carbocycles. The summed E-state index contributed by atoms with van der Waals surface area (Å²) in [6.07, 6.45) is 1.87. The molecule has 3 rings (SSSR count). The van der Waals surface area contributed by atoms with Crippen molar-refractivity contribution in [2.24, 2.45) is 0 Å². The molecule has 1 aromatic heterocycles. The average Bonchev–Trinajstić information content (AvgIpc) is 2.97. The highest BCUT2D eigenvalue weighted by Gasteiger charge is 2.08. The lowest BCUT2D eigenvalue weighted by atomic mass is 10.1. The van der Waals surface area contributed by atoms with Crippen LogP contribution in [0.1, 0.15) is 11.1 Å². The molecule has 100 valence electrons. The molecule has 0 unspecified atom stereocenters. The fourth-order valence-electron chi connectivity index (χ4n) is 2.11. The molecule has 0 aliphatic rings. The van der Waals surface area contributed by atoms with Crippen molar-refractivity contribution in [3.8, 4) is 16.9 Å². The molecule has 0 atom stereocenters. The number of nitrogens with zero attached hydrogens (tertiary/aromatic N) is 3. The zero-order valence-electron chi connectivity index (χ0n) is 11.2. The van der Waals surface area contributed by atoms with Crippen molar-refractivity contribution >= 4 is 0 Å². The number of aliphatic hydroxyl groups is 1. The second-order valence-electron chi connectivity index (χ2n) is 4.70. The molecule has 4 nitrogen and oxygen atoms in total. The molecule has 0 aliphatic heterocycles. The summed E-state index contributed by atoms with van der Waals surface area (Å²) in [5.41, 5.74) is 4.74. The van der Waals surface area contributed by atoms with Gasteiger partial charge in [-0.15, -0.1) is 5.10 Å². The number of aromatic nitrogens is 3. The minimum Gasteiger partial charge on any atom is -0.392 e. The molecule has 0 saturated carbocycles. The maximum Gasteiger partial charge on any atom is 0.113 e. The maximum atomic E-state index is 9.37. The van der Waals surface area contributed by atoms with Gasteiger partial charge < -0.3 is 5.11 Å². The lowest BCUT2D eigenvalue weighted by Crippen LogP contribution is -2.00. The molecule has 0 fully saturated rings. The quantitative estimate of drug-likeness (QED) is 0.792. The smallest absolute Gasteiger partial charge is 0.113 e. The summed E-state index contributed by atoms with van der Waals surface area (Å²) in [4.78, 5) is 0. The normalized spacial score (nSPS) is 10.7. The van der Waals surface area contributed by atoms with Gasteiger partial charge in [0.15, 0.2) is 0 Å². The Bertz CT molecular complexity index is 717. The van der Waals surface area contributed by atoms with Crippen molar-refractivity contribution in [2.75, 3.05) is 0 Å². The molecule has 0 saturated heterocycles. The molecule has 4 heteroatoms. The zero-order chi connectivity index (χ0) is 13.9. The highest BCUT2D eigenvalue weighted by molar-refractivity contribution is 5.58. The summed E-state index contributed by atoms with van der Waals surface area (Å²) in [5, 5.41) is 17.7. The van der Waals surface area contributed by atoms with Gasteiger partial charge in [-0.3, -0.25) is 0 Å². The van der Waals surface area contributed by atoms with E-state index >= 15 is 0 Å². The van der Waals surface area contributed by atoms with E-state index < -0.39 is 0 Å². The van der Waals surface area contributed by atoms with Gasteiger partial charge in [0.1, 0.15) is 5.69 Å². The minimum absolute atomic E-state index is 0.0180. The Morgan fingerprint density at radius 3 is 2.55 bits per heavy atom. The van der Waals surface area contributed by atoms with E-state index in [-0.39, 0.29) is 6.61 Å². The van der Waals surface area contributed by atoms with Gasteiger partial charge in [0.25, 0.3) is 0 Å². The van der Waals surface area contributed by atoms with Gasteiger partial charge in [0, 0.05) is 11.1 Å². The Kier molecular flexibility index (Phi) is 3.31. The Labute approximate surface area is 117 Å². The van der Waals surface area contributed by atoms with Crippen LogP contribution in [0.3, 0.4) is 0 Å². The van der Waals surface area contributed by atoms with Crippen LogP contribution in [0.5, 0.6) is 0 Å². The summed E-state index contributed by atoms with van der Waals surface area (Å²) < 4.78 is 1.70. The third-order valence-electron chi connectivity index (χ3n) is 3.25. The van der Waals surface area contributed by atoms with E-state index in [0.29, 0.717) is 0 Å². The summed E-state index contributed by atoms with van der Waals surface area (Å²) in [7, 11) is 0. The number of aliphatic hydroxyl groups excluding tert-OH is 1. The Hall–Kier alpha value is -2.46. The molecule has 0 spiro atoms. The molecule has 0 aliphatic carbocycles. The summed E-state index contributed by atoms with van der Waals surface area (Å²) in [6.45, 7) is 2.04. The Morgan fingerprint density at radius 1 is 1.05 bits per heavy atom. The second-order valence-corrected chi connectivity index (χ2v) is 4.70. The van der Waals surface area contributed by atoms with E-state index in [1.807, 2.05) is 42.6 Å². The first-order valence-electron chi connectivity index (χ1n) is 6.46. The highest BCUT2D eigenvalue weighted by Crippen LogP contribution is 2.19. The average molecular weight is 265 g/mol. The number of aryl methyl sites for hydroxylation is 1. The molecular weight excluding hydrogens is 250 g/mol. The zero-order valence-corrected chi connectivity index (χ0v) is 11.2. The summed E-state index contributed by atoms with van der Waals surface area (Å²) in [6, 6.07) is 15.8. The molecular formula is C16H15N3O. The van der Waals surface area contributed by atoms with Gasteiger partial charge in [-0.05, 0) is 13.0 Å². The van der Waals surface area contributed by atoms with E-state index in [4.69, 9.17) is 0 Å². The van der Waals surface area contributed by atoms with E-state index in [1.165, 1.54) is 5.56 Å². The Morgan fingerprint density at radius 2 is 1.80 bits per heavy atom. The van der Waals surface area contributed by atoms with Crippen molar-refractivity contribution in [3.63, 3.8) is 0 Å². The molecule has 20 heavy (non-hydrogen) atoms. The van der Waals surface area contributed by atoms with Crippen LogP contribution in [0.15, 0.2) is 54.7 Å². The summed E-state index contributed by atoms with van der Waals surface area (Å²) in [5.74, 6) is 0. The lowest BCUT2D eigenvalue weighted by Gasteiger charge is -2.05. The monoisotopic (exact) mass is 265 g/mol. The van der Waals surface area contributed by atoms with Gasteiger partial charge in [0.05, 0.1) is 18.5 Å². The van der Waals surface area contributed by atoms with Gasteiger partial charge in [-0.2, -0.15) is 0 Å². The van der Waals surface area contributed by atoms with Crippen LogP contribution in [0, 0.1) is 6.92 Å². The van der Waals surface area contributed by atoms with Crippen LogP contribution in [0.2, 0.25) is 0 Å². The predicted octanol–water partition coefficient (Wildman–Crippen LogP) is 2.74. The fraction of sp³-hybridized carbons (Fsp3) is 0.125. The highest BCUT2D eigenvalue weighted by atomic mass is 16.3. The van der Waals surface area contributed by atoms with E-state index in [9.17, 15) is 5.11 Å². The van der Waals surface area contributed by atoms with Crippen LogP contribution in [-0.2, 0) is 6.61 Å². The number of hydrogen-bond acceptors (Lipinski definition) is 3. The first-order valence-corrected chi connectivity index (χ1v) is 6.46. The number of benzene rings is 2. The Balaban J connectivity index is 2.00. The third kappa shape index (κ3) is 2.33. The van der Waals surface area contributed by atoms with E-state index in [1.54, 1.807) is 4.68 Å². The van der Waals surface area contributed by atoms with Crippen LogP contribution in [0.25, 0.3) is 16.9 Å². The van der Waals surface area contributed by atoms with Crippen molar-refractivity contribution in [2.45, 2.75) is 13.5 Å². The SMILES string of the molecule is Cc1ccc(-c2cn(-c3ccccc3CO)nn2)cc1. The minimum atomic E-state index is -0.0180. The van der Waals surface area contributed by atoms with Crippen LogP contribution in [0.4, 0.5) is 0 Å². The van der Waals surface area contributed by atoms with Crippen molar-refractivity contribution in [1.82, 2.24) is 15.0 Å². The molecule has 0 radical (unpaired) electrons. The molecule has 0 bridgehead atoms. The molecule has 0 amide bonds. The fourth-order valence-corrected chi connectivity index (χ4v) is 2.11. The molecule has 1 heterocycles. The van der Waals surface area contributed by atoms with Crippen molar-refractivity contribution in [3.05, 3.63) is 65.9 Å². The van der Waals surface area contributed by atoms with Crippen LogP contribution < -0.4 is 0 Å². The first kappa shape index (κ1) is 12.6. The first-order chi connectivity index (χ1) is 9.78. The standard InChI is InChI=1S/C16H15N3O/c1-12-6-8-13(9-7-12)15-10-19(18-17-15)16-5-3-2-4-14(16)11-20/h2-10,20H,11H2,1H3. The predicted molar refractivity (Wildman–Crippen MR) is 77.5 cm³/mol. The number of hydrogen-bond donors (Lipinski definition) is 1.